The van der Waals surface area contributed by atoms with Gasteiger partial charge in [-0.1, -0.05) is 84.8 Å². The number of amides is 2. The van der Waals surface area contributed by atoms with Crippen molar-refractivity contribution in [1.29, 1.82) is 0 Å². The van der Waals surface area contributed by atoms with Gasteiger partial charge in [-0.25, -0.2) is 8.42 Å². The van der Waals surface area contributed by atoms with E-state index >= 15 is 0 Å². The number of nitrogens with zero attached hydrogens (tertiary/aromatic N) is 2. The van der Waals surface area contributed by atoms with Crippen LogP contribution in [0.3, 0.4) is 0 Å². The van der Waals surface area contributed by atoms with Crippen molar-refractivity contribution >= 4 is 39.1 Å². The van der Waals surface area contributed by atoms with Gasteiger partial charge in [0, 0.05) is 37.0 Å². The van der Waals surface area contributed by atoms with Crippen LogP contribution in [0.1, 0.15) is 49.8 Å². The Morgan fingerprint density at radius 1 is 0.951 bits per heavy atom. The van der Waals surface area contributed by atoms with Crippen molar-refractivity contribution in [3.8, 4) is 0 Å². The van der Waals surface area contributed by atoms with Crippen LogP contribution in [0, 0.1) is 6.92 Å². The molecule has 0 bridgehead atoms. The zero-order valence-electron chi connectivity index (χ0n) is 24.2. The Kier molecular flexibility index (Phi) is 11.8. The Morgan fingerprint density at radius 3 is 2.20 bits per heavy atom. The van der Waals surface area contributed by atoms with Crippen LogP contribution in [0.4, 0.5) is 5.69 Å². The molecule has 3 aromatic rings. The molecule has 0 aliphatic rings. The summed E-state index contributed by atoms with van der Waals surface area (Å²) < 4.78 is 26.5. The smallest absolute Gasteiger partial charge is 0.243 e. The number of carbonyl (C=O) groups is 2. The number of nitrogens with one attached hydrogen (secondary N) is 1. The van der Waals surface area contributed by atoms with Gasteiger partial charge < -0.3 is 10.2 Å². The monoisotopic (exact) mass is 597 g/mol. The highest BCUT2D eigenvalue weighted by molar-refractivity contribution is 7.92. The summed E-state index contributed by atoms with van der Waals surface area (Å²) in [6.07, 6.45) is 2.59. The number of anilines is 1. The van der Waals surface area contributed by atoms with Gasteiger partial charge >= 0.3 is 0 Å². The van der Waals surface area contributed by atoms with Gasteiger partial charge in [0.05, 0.1) is 11.9 Å². The van der Waals surface area contributed by atoms with Crippen LogP contribution in [0.25, 0.3) is 0 Å². The standard InChI is InChI=1S/C32H40ClN3O4S/c1-5-25(3)34-32(38)30(22-26-12-7-6-8-13-26)35(23-27-14-9-10-15-29(27)33)31(37)16-11-21-36(41(4,39)40)28-19-17-24(2)18-20-28/h6-10,12-15,17-20,25,30H,5,11,16,21-23H2,1-4H3,(H,34,38). The van der Waals surface area contributed by atoms with Crippen molar-refractivity contribution in [1.82, 2.24) is 10.2 Å². The maximum Gasteiger partial charge on any atom is 0.243 e. The van der Waals surface area contributed by atoms with E-state index in [1.54, 1.807) is 23.1 Å². The molecular weight excluding hydrogens is 558 g/mol. The van der Waals surface area contributed by atoms with Gasteiger partial charge in [-0.2, -0.15) is 0 Å². The molecule has 0 saturated carbocycles. The van der Waals surface area contributed by atoms with E-state index < -0.39 is 16.1 Å². The summed E-state index contributed by atoms with van der Waals surface area (Å²) in [5.41, 5.74) is 3.23. The number of benzene rings is 3. The first-order valence-corrected chi connectivity index (χ1v) is 16.1. The fourth-order valence-corrected chi connectivity index (χ4v) is 5.68. The summed E-state index contributed by atoms with van der Waals surface area (Å²) in [5, 5.41) is 3.56. The highest BCUT2D eigenvalue weighted by atomic mass is 35.5. The fraction of sp³-hybridized carbons (Fsp3) is 0.375. The van der Waals surface area contributed by atoms with Gasteiger partial charge in [0.25, 0.3) is 0 Å². The summed E-state index contributed by atoms with van der Waals surface area (Å²) in [5.74, 6) is -0.483. The lowest BCUT2D eigenvalue weighted by Gasteiger charge is -2.33. The molecule has 0 saturated heterocycles. The minimum Gasteiger partial charge on any atom is -0.352 e. The number of rotatable bonds is 14. The largest absolute Gasteiger partial charge is 0.352 e. The van der Waals surface area contributed by atoms with Crippen LogP contribution in [-0.2, 0) is 32.6 Å². The van der Waals surface area contributed by atoms with Crippen molar-refractivity contribution < 1.29 is 18.0 Å². The van der Waals surface area contributed by atoms with Crippen LogP contribution in [0.5, 0.6) is 0 Å². The second kappa shape index (κ2) is 15.0. The van der Waals surface area contributed by atoms with Gasteiger partial charge in [0.1, 0.15) is 6.04 Å². The van der Waals surface area contributed by atoms with Crippen LogP contribution in [-0.4, -0.2) is 50.0 Å². The lowest BCUT2D eigenvalue weighted by atomic mass is 10.0. The maximum absolute atomic E-state index is 13.9. The third-order valence-corrected chi connectivity index (χ3v) is 8.61. The third kappa shape index (κ3) is 9.61. The predicted molar refractivity (Wildman–Crippen MR) is 166 cm³/mol. The Morgan fingerprint density at radius 2 is 1.59 bits per heavy atom. The number of halogens is 1. The van der Waals surface area contributed by atoms with E-state index in [4.69, 9.17) is 11.6 Å². The fourth-order valence-electron chi connectivity index (χ4n) is 4.52. The van der Waals surface area contributed by atoms with E-state index in [9.17, 15) is 18.0 Å². The Labute approximate surface area is 249 Å². The summed E-state index contributed by atoms with van der Waals surface area (Å²) in [6, 6.07) is 23.3. The van der Waals surface area contributed by atoms with Crippen molar-refractivity contribution in [2.75, 3.05) is 17.1 Å². The van der Waals surface area contributed by atoms with E-state index in [1.807, 2.05) is 81.4 Å². The van der Waals surface area contributed by atoms with Gasteiger partial charge in [-0.15, -0.1) is 0 Å². The Bertz CT molecular complexity index is 1400. The molecule has 0 aliphatic heterocycles. The molecule has 0 aromatic heterocycles. The van der Waals surface area contributed by atoms with E-state index in [0.717, 1.165) is 29.4 Å². The van der Waals surface area contributed by atoms with Gasteiger partial charge in [0.15, 0.2) is 0 Å². The summed E-state index contributed by atoms with van der Waals surface area (Å²) in [4.78, 5) is 29.1. The molecule has 2 atom stereocenters. The SMILES string of the molecule is CCC(C)NC(=O)C(Cc1ccccc1)N(Cc1ccccc1Cl)C(=O)CCCN(c1ccc(C)cc1)S(C)(=O)=O. The van der Waals surface area contributed by atoms with Gasteiger partial charge in [0.2, 0.25) is 21.8 Å². The molecule has 2 unspecified atom stereocenters. The molecule has 0 fully saturated rings. The molecule has 1 N–H and O–H groups in total. The molecule has 0 spiro atoms. The molecule has 2 amide bonds. The maximum atomic E-state index is 13.9. The lowest BCUT2D eigenvalue weighted by molar-refractivity contribution is -0.141. The second-order valence-electron chi connectivity index (χ2n) is 10.4. The van der Waals surface area contributed by atoms with Crippen LogP contribution >= 0.6 is 11.6 Å². The summed E-state index contributed by atoms with van der Waals surface area (Å²) in [7, 11) is -3.56. The Balaban J connectivity index is 1.89. The summed E-state index contributed by atoms with van der Waals surface area (Å²) in [6.45, 7) is 6.14. The van der Waals surface area contributed by atoms with E-state index in [-0.39, 0.29) is 43.8 Å². The van der Waals surface area contributed by atoms with E-state index in [1.165, 1.54) is 4.31 Å². The van der Waals surface area contributed by atoms with Gasteiger partial charge in [-0.05, 0) is 56.0 Å². The quantitative estimate of drug-likeness (QED) is 0.256. The van der Waals surface area contributed by atoms with Crippen molar-refractivity contribution in [3.63, 3.8) is 0 Å². The van der Waals surface area contributed by atoms with E-state index in [0.29, 0.717) is 17.1 Å². The molecule has 3 aromatic carbocycles. The zero-order valence-corrected chi connectivity index (χ0v) is 25.8. The second-order valence-corrected chi connectivity index (χ2v) is 12.7. The minimum absolute atomic E-state index is 0.0594. The number of sulfonamides is 1. The summed E-state index contributed by atoms with van der Waals surface area (Å²) >= 11 is 6.49. The molecule has 220 valence electrons. The predicted octanol–water partition coefficient (Wildman–Crippen LogP) is 5.75. The van der Waals surface area contributed by atoms with Crippen molar-refractivity contribution in [2.24, 2.45) is 0 Å². The Hall–Kier alpha value is -3.36. The molecule has 41 heavy (non-hydrogen) atoms. The number of aryl methyl sites for hydroxylation is 1. The molecule has 0 aliphatic carbocycles. The van der Waals surface area contributed by atoms with Crippen LogP contribution in [0.15, 0.2) is 78.9 Å². The number of hydrogen-bond donors (Lipinski definition) is 1. The first-order chi connectivity index (χ1) is 19.5. The van der Waals surface area contributed by atoms with Gasteiger partial charge in [-0.3, -0.25) is 13.9 Å². The van der Waals surface area contributed by atoms with Crippen molar-refractivity contribution in [3.05, 3.63) is 101 Å². The van der Waals surface area contributed by atoms with Crippen LogP contribution < -0.4 is 9.62 Å². The average Bonchev–Trinajstić information content (AvgIpc) is 2.94. The lowest BCUT2D eigenvalue weighted by Crippen LogP contribution is -2.52. The topological polar surface area (TPSA) is 86.8 Å². The van der Waals surface area contributed by atoms with E-state index in [2.05, 4.69) is 5.32 Å². The molecule has 0 heterocycles. The van der Waals surface area contributed by atoms with Crippen LogP contribution in [0.2, 0.25) is 5.02 Å². The number of hydrogen-bond acceptors (Lipinski definition) is 4. The number of carbonyl (C=O) groups excluding carboxylic acids is 2. The highest BCUT2D eigenvalue weighted by Gasteiger charge is 2.31. The molecule has 3 rings (SSSR count). The highest BCUT2D eigenvalue weighted by Crippen LogP contribution is 2.23. The average molecular weight is 598 g/mol. The van der Waals surface area contributed by atoms with Crippen molar-refractivity contribution in [2.45, 2.75) is 65.1 Å². The molecule has 9 heteroatoms. The normalized spacial score (nSPS) is 12.8. The molecule has 0 radical (unpaired) electrons. The molecular formula is C32H40ClN3O4S. The zero-order chi connectivity index (χ0) is 30.0. The first kappa shape index (κ1) is 32.2. The third-order valence-electron chi connectivity index (χ3n) is 7.04. The molecule has 7 nitrogen and oxygen atoms in total. The first-order valence-electron chi connectivity index (χ1n) is 13.9. The minimum atomic E-state index is -3.56.